The Hall–Kier alpha value is -0.400. The van der Waals surface area contributed by atoms with E-state index in [9.17, 15) is 35.7 Å². The molecule has 0 aromatic rings. The van der Waals surface area contributed by atoms with E-state index >= 15 is 0 Å². The second-order valence-electron chi connectivity index (χ2n) is 6.76. The average Bonchev–Trinajstić information content (AvgIpc) is 2.59. The van der Waals surface area contributed by atoms with E-state index in [1.54, 1.807) is 0 Å². The van der Waals surface area contributed by atoms with Crippen molar-refractivity contribution in [1.82, 2.24) is 0 Å². The second kappa shape index (κ2) is 9.00. The van der Waals surface area contributed by atoms with E-state index < -0.39 is 61.7 Å². The van der Waals surface area contributed by atoms with Gasteiger partial charge < -0.3 is 50.1 Å². The van der Waals surface area contributed by atoms with Gasteiger partial charge in [0.15, 0.2) is 6.29 Å². The molecule has 2 aliphatic heterocycles. The lowest BCUT2D eigenvalue weighted by Gasteiger charge is -2.46. The minimum absolute atomic E-state index is 0.245. The minimum atomic E-state index is -1.61. The van der Waals surface area contributed by atoms with E-state index in [1.165, 1.54) is 0 Å². The summed E-state index contributed by atoms with van der Waals surface area (Å²) < 4.78 is 10.9. The van der Waals surface area contributed by atoms with Gasteiger partial charge in [0.25, 0.3) is 0 Å². The Bertz CT molecular complexity index is 412. The van der Waals surface area contributed by atoms with Crippen molar-refractivity contribution in [3.8, 4) is 0 Å². The number of aliphatic hydroxyl groups excluding tert-OH is 7. The molecule has 2 heterocycles. The molecule has 0 saturated carbocycles. The molecule has 2 saturated heterocycles. The van der Waals surface area contributed by atoms with Crippen LogP contribution in [0.1, 0.15) is 13.3 Å². The number of hydrogen-bond acceptors (Lipinski definition) is 9. The highest BCUT2D eigenvalue weighted by atomic mass is 16.7. The summed E-state index contributed by atoms with van der Waals surface area (Å²) in [6, 6.07) is -0.564. The van der Waals surface area contributed by atoms with E-state index in [0.717, 1.165) is 11.3 Å². The van der Waals surface area contributed by atoms with Gasteiger partial charge in [-0.25, -0.2) is 0 Å². The van der Waals surface area contributed by atoms with Crippen molar-refractivity contribution < 1.29 is 50.1 Å². The SMILES string of the molecule is CCC[NH+]1C[C@H](O)[C@@H](O)[C@H](O[C@H]2O[C@H](CO)[C@@H](O)[C@H](O)[C@H]2O)[C@H]1CO. The summed E-state index contributed by atoms with van der Waals surface area (Å²) in [5.41, 5.74) is 0. The van der Waals surface area contributed by atoms with Crippen LogP contribution >= 0.6 is 0 Å². The number of likely N-dealkylation sites (tertiary alicyclic amines) is 1. The van der Waals surface area contributed by atoms with Crippen LogP contribution in [0.5, 0.6) is 0 Å². The average molecular weight is 368 g/mol. The van der Waals surface area contributed by atoms with Crippen molar-refractivity contribution in [2.45, 2.75) is 68.4 Å². The molecule has 8 N–H and O–H groups in total. The second-order valence-corrected chi connectivity index (χ2v) is 6.76. The van der Waals surface area contributed by atoms with E-state index in [-0.39, 0.29) is 13.2 Å². The van der Waals surface area contributed by atoms with Gasteiger partial charge in [-0.1, -0.05) is 6.92 Å². The highest BCUT2D eigenvalue weighted by molar-refractivity contribution is 4.92. The first-order chi connectivity index (χ1) is 11.8. The quantitative estimate of drug-likeness (QED) is 0.228. The zero-order valence-electron chi connectivity index (χ0n) is 14.2. The molecule has 0 aromatic heterocycles. The van der Waals surface area contributed by atoms with E-state index in [0.29, 0.717) is 6.54 Å². The summed E-state index contributed by atoms with van der Waals surface area (Å²) in [6.45, 7) is 1.92. The van der Waals surface area contributed by atoms with Gasteiger partial charge >= 0.3 is 0 Å². The van der Waals surface area contributed by atoms with Gasteiger partial charge in [0.05, 0.1) is 19.8 Å². The summed E-state index contributed by atoms with van der Waals surface area (Å²) in [4.78, 5) is 0.845. The molecule has 2 fully saturated rings. The Labute approximate surface area is 145 Å². The van der Waals surface area contributed by atoms with Crippen LogP contribution in [0, 0.1) is 0 Å². The maximum atomic E-state index is 10.3. The number of rotatable bonds is 6. The maximum Gasteiger partial charge on any atom is 0.187 e. The number of hydrogen-bond donors (Lipinski definition) is 8. The van der Waals surface area contributed by atoms with Crippen molar-refractivity contribution >= 4 is 0 Å². The number of aliphatic hydroxyl groups is 7. The van der Waals surface area contributed by atoms with Crippen LogP contribution < -0.4 is 4.90 Å². The summed E-state index contributed by atoms with van der Waals surface area (Å²) in [5.74, 6) is 0. The first-order valence-electron chi connectivity index (χ1n) is 8.63. The monoisotopic (exact) mass is 368 g/mol. The molecule has 2 rings (SSSR count). The van der Waals surface area contributed by atoms with Gasteiger partial charge in [0.1, 0.15) is 55.3 Å². The predicted molar refractivity (Wildman–Crippen MR) is 82.5 cm³/mol. The smallest absolute Gasteiger partial charge is 0.187 e. The molecule has 0 aromatic carbocycles. The van der Waals surface area contributed by atoms with Crippen LogP contribution in [0.4, 0.5) is 0 Å². The lowest BCUT2D eigenvalue weighted by Crippen LogP contribution is -3.20. The molecule has 0 bridgehead atoms. The highest BCUT2D eigenvalue weighted by Gasteiger charge is 2.50. The third kappa shape index (κ3) is 4.30. The first kappa shape index (κ1) is 20.9. The van der Waals surface area contributed by atoms with Gasteiger partial charge in [0, 0.05) is 0 Å². The lowest BCUT2D eigenvalue weighted by atomic mass is 9.93. The van der Waals surface area contributed by atoms with Crippen LogP contribution in [0.25, 0.3) is 0 Å². The van der Waals surface area contributed by atoms with Gasteiger partial charge in [-0.2, -0.15) is 0 Å². The predicted octanol–water partition coefficient (Wildman–Crippen LogP) is -5.44. The van der Waals surface area contributed by atoms with Crippen LogP contribution in [0.15, 0.2) is 0 Å². The van der Waals surface area contributed by atoms with Gasteiger partial charge in [-0.3, -0.25) is 0 Å². The molecule has 148 valence electrons. The fourth-order valence-corrected chi connectivity index (χ4v) is 3.58. The van der Waals surface area contributed by atoms with Gasteiger partial charge in [-0.15, -0.1) is 0 Å². The Morgan fingerprint density at radius 3 is 2.20 bits per heavy atom. The molecule has 0 amide bonds. The molecule has 10 nitrogen and oxygen atoms in total. The van der Waals surface area contributed by atoms with Crippen LogP contribution in [-0.4, -0.2) is 117 Å². The number of nitrogens with one attached hydrogen (secondary N) is 1. The summed E-state index contributed by atoms with van der Waals surface area (Å²) in [7, 11) is 0. The molecule has 25 heavy (non-hydrogen) atoms. The Morgan fingerprint density at radius 1 is 0.960 bits per heavy atom. The molecular formula is C15H30NO9+. The molecule has 2 aliphatic rings. The third-order valence-electron chi connectivity index (χ3n) is 5.03. The fourth-order valence-electron chi connectivity index (χ4n) is 3.58. The van der Waals surface area contributed by atoms with Crippen molar-refractivity contribution in [2.24, 2.45) is 0 Å². The van der Waals surface area contributed by atoms with Crippen LogP contribution in [0.2, 0.25) is 0 Å². The largest absolute Gasteiger partial charge is 0.394 e. The molecule has 0 radical (unpaired) electrons. The zero-order valence-corrected chi connectivity index (χ0v) is 14.2. The Kier molecular flexibility index (Phi) is 7.52. The Balaban J connectivity index is 2.16. The molecule has 0 aliphatic carbocycles. The molecule has 10 heteroatoms. The number of quaternary nitrogens is 1. The molecule has 1 unspecified atom stereocenters. The topological polar surface area (TPSA) is 165 Å². The van der Waals surface area contributed by atoms with Crippen LogP contribution in [0.3, 0.4) is 0 Å². The standard InChI is InChI=1S/C15H29NO9/c1-2-3-16-4-8(19)10(20)14(7(16)5-17)25-15-13(23)12(22)11(21)9(6-18)24-15/h7-15,17-23H,2-6H2,1H3/p+1/t7-,8+,9-,10-,11-,12+,13-,14-,15-/m1/s1. The van der Waals surface area contributed by atoms with Crippen molar-refractivity contribution in [1.29, 1.82) is 0 Å². The Morgan fingerprint density at radius 2 is 1.64 bits per heavy atom. The summed E-state index contributed by atoms with van der Waals surface area (Å²) in [5, 5.41) is 69.0. The van der Waals surface area contributed by atoms with Crippen molar-refractivity contribution in [3.63, 3.8) is 0 Å². The lowest BCUT2D eigenvalue weighted by molar-refractivity contribution is -0.940. The van der Waals surface area contributed by atoms with Gasteiger partial charge in [-0.05, 0) is 6.42 Å². The van der Waals surface area contributed by atoms with Gasteiger partial charge in [0.2, 0.25) is 0 Å². The molecule has 10 atom stereocenters. The molecular weight excluding hydrogens is 338 g/mol. The minimum Gasteiger partial charge on any atom is -0.394 e. The normalized spacial score (nSPS) is 48.5. The summed E-state index contributed by atoms with van der Waals surface area (Å²) in [6.07, 6.45) is -9.97. The highest BCUT2D eigenvalue weighted by Crippen LogP contribution is 2.25. The first-order valence-corrected chi connectivity index (χ1v) is 8.63. The van der Waals surface area contributed by atoms with E-state index in [4.69, 9.17) is 9.47 Å². The maximum absolute atomic E-state index is 10.3. The summed E-state index contributed by atoms with van der Waals surface area (Å²) >= 11 is 0. The fraction of sp³-hybridized carbons (Fsp3) is 1.00. The number of piperidine rings is 1. The number of ether oxygens (including phenoxy) is 2. The third-order valence-corrected chi connectivity index (χ3v) is 5.03. The van der Waals surface area contributed by atoms with Crippen molar-refractivity contribution in [2.75, 3.05) is 26.3 Å². The van der Waals surface area contributed by atoms with Crippen molar-refractivity contribution in [3.05, 3.63) is 0 Å². The zero-order chi connectivity index (χ0) is 18.7. The molecule has 0 spiro atoms. The van der Waals surface area contributed by atoms with E-state index in [2.05, 4.69) is 0 Å². The van der Waals surface area contributed by atoms with Crippen LogP contribution in [-0.2, 0) is 9.47 Å². The van der Waals surface area contributed by atoms with E-state index in [1.807, 2.05) is 6.92 Å².